The van der Waals surface area contributed by atoms with Gasteiger partial charge in [0.25, 0.3) is 5.91 Å². The summed E-state index contributed by atoms with van der Waals surface area (Å²) in [6.45, 7) is 1.90. The molecule has 1 aliphatic rings. The van der Waals surface area contributed by atoms with Crippen molar-refractivity contribution >= 4 is 40.1 Å². The van der Waals surface area contributed by atoms with Gasteiger partial charge in [-0.15, -0.1) is 11.8 Å². The van der Waals surface area contributed by atoms with Gasteiger partial charge in [-0.2, -0.15) is 0 Å². The van der Waals surface area contributed by atoms with Gasteiger partial charge in [0.1, 0.15) is 0 Å². The van der Waals surface area contributed by atoms with Crippen LogP contribution in [-0.2, 0) is 16.0 Å². The standard InChI is InChI=1S/C15H14N2O3S2/c1-8-14(21-2)22-15(16-8)17-12(18)11-7-9-5-3-4-6-10(9)13(19)20-11/h3-6,11H,7H2,1-2H3,(H,16,17,18)/t11-/m1/s1. The Hall–Kier alpha value is -1.86. The lowest BCUT2D eigenvalue weighted by molar-refractivity contribution is -0.125. The lowest BCUT2D eigenvalue weighted by Gasteiger charge is -2.23. The first-order valence-corrected chi connectivity index (χ1v) is 8.73. The minimum atomic E-state index is -0.815. The molecule has 2 aromatic rings. The van der Waals surface area contributed by atoms with Gasteiger partial charge < -0.3 is 4.74 Å². The number of thioether (sulfide) groups is 1. The molecule has 1 aliphatic heterocycles. The molecule has 5 nitrogen and oxygen atoms in total. The van der Waals surface area contributed by atoms with Crippen LogP contribution in [0.3, 0.4) is 0 Å². The first-order valence-electron chi connectivity index (χ1n) is 6.69. The summed E-state index contributed by atoms with van der Waals surface area (Å²) in [5.74, 6) is -0.800. The fourth-order valence-corrected chi connectivity index (χ4v) is 3.90. The Balaban J connectivity index is 1.75. The second-order valence-corrected chi connectivity index (χ2v) is 6.91. The van der Waals surface area contributed by atoms with Crippen molar-refractivity contribution in [3.63, 3.8) is 0 Å². The van der Waals surface area contributed by atoms with Gasteiger partial charge in [-0.1, -0.05) is 29.5 Å². The van der Waals surface area contributed by atoms with Crippen LogP contribution in [0.15, 0.2) is 28.5 Å². The Kier molecular flexibility index (Phi) is 4.17. The zero-order valence-corrected chi connectivity index (χ0v) is 13.7. The second-order valence-electron chi connectivity index (χ2n) is 4.84. The Labute approximate surface area is 136 Å². The van der Waals surface area contributed by atoms with Gasteiger partial charge in [-0.3, -0.25) is 10.1 Å². The zero-order valence-electron chi connectivity index (χ0n) is 12.1. The van der Waals surface area contributed by atoms with Gasteiger partial charge in [-0.25, -0.2) is 9.78 Å². The summed E-state index contributed by atoms with van der Waals surface area (Å²) >= 11 is 3.01. The second kappa shape index (κ2) is 6.10. The molecule has 0 bridgehead atoms. The number of aryl methyl sites for hydroxylation is 1. The van der Waals surface area contributed by atoms with Crippen LogP contribution < -0.4 is 5.32 Å². The van der Waals surface area contributed by atoms with Crippen molar-refractivity contribution in [1.29, 1.82) is 0 Å². The molecular weight excluding hydrogens is 320 g/mol. The van der Waals surface area contributed by atoms with E-state index in [9.17, 15) is 9.59 Å². The Bertz CT molecular complexity index is 742. The molecular formula is C15H14N2O3S2. The summed E-state index contributed by atoms with van der Waals surface area (Å²) in [7, 11) is 0. The van der Waals surface area contributed by atoms with E-state index in [0.717, 1.165) is 15.5 Å². The van der Waals surface area contributed by atoms with E-state index in [0.29, 0.717) is 17.1 Å². The van der Waals surface area contributed by atoms with Gasteiger partial charge in [0.2, 0.25) is 0 Å². The number of esters is 1. The van der Waals surface area contributed by atoms with Crippen molar-refractivity contribution in [2.24, 2.45) is 0 Å². The van der Waals surface area contributed by atoms with Gasteiger partial charge in [0.05, 0.1) is 15.5 Å². The third kappa shape index (κ3) is 2.86. The number of amides is 1. The average Bonchev–Trinajstić information content (AvgIpc) is 2.87. The van der Waals surface area contributed by atoms with E-state index >= 15 is 0 Å². The number of carbonyl (C=O) groups is 2. The number of anilines is 1. The Morgan fingerprint density at radius 2 is 2.23 bits per heavy atom. The van der Waals surface area contributed by atoms with Crippen molar-refractivity contribution in [3.05, 3.63) is 41.1 Å². The largest absolute Gasteiger partial charge is 0.448 e. The molecule has 22 heavy (non-hydrogen) atoms. The molecule has 0 fully saturated rings. The Morgan fingerprint density at radius 1 is 1.45 bits per heavy atom. The van der Waals surface area contributed by atoms with E-state index in [2.05, 4.69) is 10.3 Å². The number of fused-ring (bicyclic) bond motifs is 1. The smallest absolute Gasteiger partial charge is 0.339 e. The molecule has 7 heteroatoms. The summed E-state index contributed by atoms with van der Waals surface area (Å²) in [4.78, 5) is 28.5. The van der Waals surface area contributed by atoms with Crippen LogP contribution in [0.1, 0.15) is 21.6 Å². The number of ether oxygens (including phenoxy) is 1. The summed E-state index contributed by atoms with van der Waals surface area (Å²) in [6, 6.07) is 7.18. The minimum Gasteiger partial charge on any atom is -0.448 e. The normalized spacial score (nSPS) is 16.8. The van der Waals surface area contributed by atoms with Crippen LogP contribution in [-0.4, -0.2) is 29.2 Å². The van der Waals surface area contributed by atoms with Crippen molar-refractivity contribution in [1.82, 2.24) is 4.98 Å². The predicted octanol–water partition coefficient (Wildman–Crippen LogP) is 2.89. The number of hydrogen-bond acceptors (Lipinski definition) is 6. The van der Waals surface area contributed by atoms with Crippen molar-refractivity contribution in [2.75, 3.05) is 11.6 Å². The van der Waals surface area contributed by atoms with E-state index in [-0.39, 0.29) is 5.91 Å². The minimum absolute atomic E-state index is 0.343. The molecule has 0 spiro atoms. The maximum Gasteiger partial charge on any atom is 0.339 e. The topological polar surface area (TPSA) is 68.3 Å². The van der Waals surface area contributed by atoms with E-state index in [1.165, 1.54) is 11.3 Å². The SMILES string of the molecule is CSc1sc(NC(=O)[C@H]2Cc3ccccc3C(=O)O2)nc1C. The van der Waals surface area contributed by atoms with E-state index in [1.807, 2.05) is 25.3 Å². The molecule has 1 amide bonds. The fraction of sp³-hybridized carbons (Fsp3) is 0.267. The molecule has 1 aromatic heterocycles. The monoisotopic (exact) mass is 334 g/mol. The van der Waals surface area contributed by atoms with Crippen LogP contribution >= 0.6 is 23.1 Å². The van der Waals surface area contributed by atoms with Crippen LogP contribution in [0.25, 0.3) is 0 Å². The number of nitrogens with one attached hydrogen (secondary N) is 1. The van der Waals surface area contributed by atoms with Crippen LogP contribution in [0.5, 0.6) is 0 Å². The van der Waals surface area contributed by atoms with E-state index in [4.69, 9.17) is 4.74 Å². The summed E-state index contributed by atoms with van der Waals surface area (Å²) in [5, 5.41) is 3.27. The number of carbonyl (C=O) groups excluding carboxylic acids is 2. The van der Waals surface area contributed by atoms with Crippen molar-refractivity contribution < 1.29 is 14.3 Å². The number of benzene rings is 1. The molecule has 0 radical (unpaired) electrons. The highest BCUT2D eigenvalue weighted by Gasteiger charge is 2.31. The first kappa shape index (κ1) is 15.1. The molecule has 0 saturated heterocycles. The summed E-state index contributed by atoms with van der Waals surface area (Å²) in [5.41, 5.74) is 2.25. The third-order valence-electron chi connectivity index (χ3n) is 3.35. The third-order valence-corrected chi connectivity index (χ3v) is 5.64. The molecule has 1 atom stereocenters. The van der Waals surface area contributed by atoms with Gasteiger partial charge in [0, 0.05) is 6.42 Å². The van der Waals surface area contributed by atoms with Crippen molar-refractivity contribution in [2.45, 2.75) is 23.7 Å². The molecule has 0 aliphatic carbocycles. The highest BCUT2D eigenvalue weighted by molar-refractivity contribution is 8.00. The predicted molar refractivity (Wildman–Crippen MR) is 86.6 cm³/mol. The molecule has 114 valence electrons. The maximum atomic E-state index is 12.3. The molecule has 0 unspecified atom stereocenters. The lowest BCUT2D eigenvalue weighted by atomic mass is 9.98. The molecule has 3 rings (SSSR count). The number of rotatable bonds is 3. The molecule has 1 aromatic carbocycles. The zero-order chi connectivity index (χ0) is 15.7. The lowest BCUT2D eigenvalue weighted by Crippen LogP contribution is -2.37. The van der Waals surface area contributed by atoms with E-state index < -0.39 is 12.1 Å². The summed E-state index contributed by atoms with van der Waals surface area (Å²) in [6.07, 6.45) is 1.53. The highest BCUT2D eigenvalue weighted by Crippen LogP contribution is 2.30. The van der Waals surface area contributed by atoms with Gasteiger partial charge in [0.15, 0.2) is 11.2 Å². The maximum absolute atomic E-state index is 12.3. The number of hydrogen-bond donors (Lipinski definition) is 1. The molecule has 0 saturated carbocycles. The first-order chi connectivity index (χ1) is 10.6. The molecule has 1 N–H and O–H groups in total. The highest BCUT2D eigenvalue weighted by atomic mass is 32.2. The van der Waals surface area contributed by atoms with Gasteiger partial charge in [-0.05, 0) is 24.8 Å². The number of nitrogens with zero attached hydrogens (tertiary/aromatic N) is 1. The number of thiazole rings is 1. The van der Waals surface area contributed by atoms with Gasteiger partial charge >= 0.3 is 5.97 Å². The number of aromatic nitrogens is 1. The Morgan fingerprint density at radius 3 is 2.95 bits per heavy atom. The van der Waals surface area contributed by atoms with Crippen LogP contribution in [0.2, 0.25) is 0 Å². The fourth-order valence-electron chi connectivity index (χ4n) is 2.29. The average molecular weight is 334 g/mol. The quantitative estimate of drug-likeness (QED) is 0.690. The number of cyclic esters (lactones) is 1. The van der Waals surface area contributed by atoms with E-state index in [1.54, 1.807) is 23.9 Å². The molecule has 2 heterocycles. The van der Waals surface area contributed by atoms with Crippen LogP contribution in [0.4, 0.5) is 5.13 Å². The van der Waals surface area contributed by atoms with Crippen LogP contribution in [0, 0.1) is 6.92 Å². The summed E-state index contributed by atoms with van der Waals surface area (Å²) < 4.78 is 6.29. The van der Waals surface area contributed by atoms with Crippen molar-refractivity contribution in [3.8, 4) is 0 Å².